The maximum atomic E-state index is 6.01. The number of thiophene rings is 1. The molecule has 1 aromatic carbocycles. The smallest absolute Gasteiger partial charge is 0.142 e. The summed E-state index contributed by atoms with van der Waals surface area (Å²) in [7, 11) is 0. The highest BCUT2D eigenvalue weighted by atomic mass is 32.1. The molecule has 1 unspecified atom stereocenters. The molecule has 4 nitrogen and oxygen atoms in total. The van der Waals surface area contributed by atoms with Crippen molar-refractivity contribution in [3.05, 3.63) is 47.1 Å². The Labute approximate surface area is 121 Å². The van der Waals surface area contributed by atoms with E-state index < -0.39 is 0 Å². The van der Waals surface area contributed by atoms with Gasteiger partial charge in [0.05, 0.1) is 5.39 Å². The maximum Gasteiger partial charge on any atom is 0.142 e. The molecule has 0 radical (unpaired) electrons. The van der Waals surface area contributed by atoms with Crippen LogP contribution in [0, 0.1) is 6.92 Å². The van der Waals surface area contributed by atoms with Crippen LogP contribution in [0.25, 0.3) is 10.2 Å². The van der Waals surface area contributed by atoms with Gasteiger partial charge >= 0.3 is 0 Å². The molecule has 0 amide bonds. The number of nitrogens with two attached hydrogens (primary N) is 1. The summed E-state index contributed by atoms with van der Waals surface area (Å²) in [5, 5.41) is 4.44. The minimum absolute atomic E-state index is 0.0276. The predicted octanol–water partition coefficient (Wildman–Crippen LogP) is 3.76. The van der Waals surface area contributed by atoms with Gasteiger partial charge in [0, 0.05) is 16.6 Å². The molecule has 20 heavy (non-hydrogen) atoms. The van der Waals surface area contributed by atoms with E-state index in [0.717, 1.165) is 27.3 Å². The van der Waals surface area contributed by atoms with Gasteiger partial charge in [-0.1, -0.05) is 18.2 Å². The minimum atomic E-state index is -0.0276. The standard InChI is InChI=1S/C15H16N4S/c1-9-7-12-14(17-8-18-15(12)20-9)19-13-6-4-3-5-11(13)10(2)16/h3-8,10H,16H2,1-2H3,(H,17,18,19). The van der Waals surface area contributed by atoms with Crippen LogP contribution < -0.4 is 11.1 Å². The lowest BCUT2D eigenvalue weighted by Gasteiger charge is -2.14. The number of fused-ring (bicyclic) bond motifs is 1. The molecule has 0 aliphatic carbocycles. The van der Waals surface area contributed by atoms with Crippen molar-refractivity contribution in [2.24, 2.45) is 5.73 Å². The molecule has 0 bridgehead atoms. The first-order valence-electron chi connectivity index (χ1n) is 6.48. The van der Waals surface area contributed by atoms with Crippen molar-refractivity contribution in [3.8, 4) is 0 Å². The summed E-state index contributed by atoms with van der Waals surface area (Å²) in [5.74, 6) is 0.826. The first-order chi connectivity index (χ1) is 9.65. The maximum absolute atomic E-state index is 6.01. The number of para-hydroxylation sites is 1. The highest BCUT2D eigenvalue weighted by Crippen LogP contribution is 2.31. The monoisotopic (exact) mass is 284 g/mol. The largest absolute Gasteiger partial charge is 0.339 e. The molecule has 2 aromatic heterocycles. The number of benzene rings is 1. The molecule has 0 fully saturated rings. The number of aromatic nitrogens is 2. The second kappa shape index (κ2) is 5.19. The van der Waals surface area contributed by atoms with Gasteiger partial charge in [-0.2, -0.15) is 0 Å². The zero-order chi connectivity index (χ0) is 14.1. The van der Waals surface area contributed by atoms with Gasteiger partial charge in [-0.05, 0) is 31.5 Å². The number of rotatable bonds is 3. The highest BCUT2D eigenvalue weighted by molar-refractivity contribution is 7.18. The third-order valence-electron chi connectivity index (χ3n) is 3.16. The van der Waals surface area contributed by atoms with Gasteiger partial charge in [0.1, 0.15) is 17.0 Å². The lowest BCUT2D eigenvalue weighted by atomic mass is 10.1. The number of aryl methyl sites for hydroxylation is 1. The number of nitrogens with zero attached hydrogens (tertiary/aromatic N) is 2. The molecule has 0 saturated carbocycles. The molecular weight excluding hydrogens is 268 g/mol. The van der Waals surface area contributed by atoms with Gasteiger partial charge in [-0.15, -0.1) is 11.3 Å². The summed E-state index contributed by atoms with van der Waals surface area (Å²) in [6, 6.07) is 10.1. The van der Waals surface area contributed by atoms with Crippen molar-refractivity contribution in [1.29, 1.82) is 0 Å². The summed E-state index contributed by atoms with van der Waals surface area (Å²) in [5.41, 5.74) is 8.08. The van der Waals surface area contributed by atoms with Crippen molar-refractivity contribution in [2.75, 3.05) is 5.32 Å². The van der Waals surface area contributed by atoms with Crippen molar-refractivity contribution < 1.29 is 0 Å². The lowest BCUT2D eigenvalue weighted by molar-refractivity contribution is 0.820. The van der Waals surface area contributed by atoms with Gasteiger partial charge in [-0.25, -0.2) is 9.97 Å². The summed E-state index contributed by atoms with van der Waals surface area (Å²) >= 11 is 1.67. The quantitative estimate of drug-likeness (QED) is 0.768. The van der Waals surface area contributed by atoms with E-state index in [0.29, 0.717) is 0 Å². The van der Waals surface area contributed by atoms with E-state index in [1.807, 2.05) is 31.2 Å². The Bertz CT molecular complexity index is 748. The van der Waals surface area contributed by atoms with Crippen molar-refractivity contribution in [3.63, 3.8) is 0 Å². The van der Waals surface area contributed by atoms with E-state index in [1.165, 1.54) is 4.88 Å². The molecule has 0 aliphatic heterocycles. The summed E-state index contributed by atoms with van der Waals surface area (Å²) in [6.07, 6.45) is 1.59. The summed E-state index contributed by atoms with van der Waals surface area (Å²) in [6.45, 7) is 4.05. The van der Waals surface area contributed by atoms with Crippen molar-refractivity contribution in [1.82, 2.24) is 9.97 Å². The Morgan fingerprint density at radius 1 is 1.25 bits per heavy atom. The third-order valence-corrected chi connectivity index (χ3v) is 4.12. The van der Waals surface area contributed by atoms with Crippen LogP contribution in [0.15, 0.2) is 36.7 Å². The molecule has 3 rings (SSSR count). The predicted molar refractivity (Wildman–Crippen MR) is 84.5 cm³/mol. The lowest BCUT2D eigenvalue weighted by Crippen LogP contribution is -2.08. The normalized spacial score (nSPS) is 12.6. The summed E-state index contributed by atoms with van der Waals surface area (Å²) in [4.78, 5) is 10.9. The average molecular weight is 284 g/mol. The van der Waals surface area contributed by atoms with E-state index in [9.17, 15) is 0 Å². The van der Waals surface area contributed by atoms with Crippen molar-refractivity contribution >= 4 is 33.1 Å². The molecule has 2 heterocycles. The Morgan fingerprint density at radius 2 is 2.05 bits per heavy atom. The number of anilines is 2. The van der Waals surface area contributed by atoms with Crippen LogP contribution in [0.4, 0.5) is 11.5 Å². The SMILES string of the molecule is Cc1cc2c(Nc3ccccc3C(C)N)ncnc2s1. The molecule has 0 spiro atoms. The molecule has 102 valence electrons. The fourth-order valence-electron chi connectivity index (χ4n) is 2.21. The number of hydrogen-bond acceptors (Lipinski definition) is 5. The van der Waals surface area contributed by atoms with Crippen LogP contribution in [0.1, 0.15) is 23.4 Å². The fourth-order valence-corrected chi connectivity index (χ4v) is 3.06. The molecule has 0 aliphatic rings. The highest BCUT2D eigenvalue weighted by Gasteiger charge is 2.10. The third kappa shape index (κ3) is 2.37. The molecular formula is C15H16N4S. The van der Waals surface area contributed by atoms with E-state index in [-0.39, 0.29) is 6.04 Å². The van der Waals surface area contributed by atoms with Gasteiger partial charge in [0.25, 0.3) is 0 Å². The average Bonchev–Trinajstić information content (AvgIpc) is 2.80. The van der Waals surface area contributed by atoms with Crippen LogP contribution >= 0.6 is 11.3 Å². The van der Waals surface area contributed by atoms with Gasteiger partial charge in [0.2, 0.25) is 0 Å². The van der Waals surface area contributed by atoms with Gasteiger partial charge in [0.15, 0.2) is 0 Å². The zero-order valence-electron chi connectivity index (χ0n) is 11.4. The van der Waals surface area contributed by atoms with Gasteiger partial charge < -0.3 is 11.1 Å². The number of nitrogens with one attached hydrogen (secondary N) is 1. The van der Waals surface area contributed by atoms with Crippen LogP contribution in [0.2, 0.25) is 0 Å². The van der Waals surface area contributed by atoms with Crippen LogP contribution in [0.5, 0.6) is 0 Å². The fraction of sp³-hybridized carbons (Fsp3) is 0.200. The van der Waals surface area contributed by atoms with Crippen molar-refractivity contribution in [2.45, 2.75) is 19.9 Å². The first-order valence-corrected chi connectivity index (χ1v) is 7.29. The summed E-state index contributed by atoms with van der Waals surface area (Å²) < 4.78 is 0. The molecule has 0 saturated heterocycles. The van der Waals surface area contributed by atoms with E-state index in [4.69, 9.17) is 5.73 Å². The number of hydrogen-bond donors (Lipinski definition) is 2. The Hall–Kier alpha value is -1.98. The second-order valence-corrected chi connectivity index (χ2v) is 6.03. The van der Waals surface area contributed by atoms with Gasteiger partial charge in [-0.3, -0.25) is 0 Å². The molecule has 3 N–H and O–H groups in total. The van der Waals surface area contributed by atoms with E-state index >= 15 is 0 Å². The Kier molecular flexibility index (Phi) is 3.38. The molecule has 3 aromatic rings. The van der Waals surface area contributed by atoms with E-state index in [2.05, 4.69) is 28.3 Å². The zero-order valence-corrected chi connectivity index (χ0v) is 12.2. The minimum Gasteiger partial charge on any atom is -0.339 e. The Morgan fingerprint density at radius 3 is 2.85 bits per heavy atom. The Balaban J connectivity index is 2.06. The van der Waals surface area contributed by atoms with Crippen LogP contribution in [-0.2, 0) is 0 Å². The molecule has 1 atom stereocenters. The van der Waals surface area contributed by atoms with Crippen LogP contribution in [0.3, 0.4) is 0 Å². The van der Waals surface area contributed by atoms with Crippen LogP contribution in [-0.4, -0.2) is 9.97 Å². The second-order valence-electron chi connectivity index (χ2n) is 4.80. The molecule has 5 heteroatoms. The topological polar surface area (TPSA) is 63.8 Å². The first kappa shape index (κ1) is 13.0. The van der Waals surface area contributed by atoms with E-state index in [1.54, 1.807) is 17.7 Å².